The van der Waals surface area contributed by atoms with Crippen LogP contribution in [0.25, 0.3) is 0 Å². The molecule has 0 bridgehead atoms. The maximum Gasteiger partial charge on any atom is 0.0552 e. The van der Waals surface area contributed by atoms with Gasteiger partial charge in [0.2, 0.25) is 0 Å². The molecule has 0 aromatic heterocycles. The normalized spacial score (nSPS) is 12.3. The maximum atomic E-state index is 2.33. The summed E-state index contributed by atoms with van der Waals surface area (Å²) in [6.07, 6.45) is 0. The molecule has 0 aliphatic carbocycles. The van der Waals surface area contributed by atoms with Gasteiger partial charge in [-0.3, -0.25) is 0 Å². The molecule has 0 amide bonds. The molecule has 0 atom stereocenters. The van der Waals surface area contributed by atoms with Gasteiger partial charge in [-0.1, -0.05) is 44.1 Å². The molecule has 0 N–H and O–H groups in total. The van der Waals surface area contributed by atoms with Crippen LogP contribution >= 0.6 is 0 Å². The second-order valence-corrected chi connectivity index (χ2v) is 7.44. The standard InChI is InChI=1S/C13H23NSi/c1-13(2,3)10-15-12-8-6-11(7-9-12)14(4)5/h6-9H,10,15H2,1-5H3. The highest BCUT2D eigenvalue weighted by Crippen LogP contribution is 2.18. The Hall–Kier alpha value is -0.763. The van der Waals surface area contributed by atoms with E-state index in [1.807, 2.05) is 0 Å². The van der Waals surface area contributed by atoms with Gasteiger partial charge < -0.3 is 4.90 Å². The fourth-order valence-corrected chi connectivity index (χ4v) is 3.09. The first-order valence-electron chi connectivity index (χ1n) is 5.65. The lowest BCUT2D eigenvalue weighted by molar-refractivity contribution is 0.468. The molecule has 2 heteroatoms. The Balaban J connectivity index is 2.57. The summed E-state index contributed by atoms with van der Waals surface area (Å²) in [7, 11) is 4.10. The summed E-state index contributed by atoms with van der Waals surface area (Å²) in [5, 5.41) is 1.58. The number of anilines is 1. The molecular weight excluding hydrogens is 198 g/mol. The Morgan fingerprint density at radius 1 is 1.07 bits per heavy atom. The minimum atomic E-state index is -0.0747. The second-order valence-electron chi connectivity index (χ2n) is 5.62. The van der Waals surface area contributed by atoms with Crippen LogP contribution < -0.4 is 10.1 Å². The average Bonchev–Trinajstić information content (AvgIpc) is 2.14. The highest BCUT2D eigenvalue weighted by Gasteiger charge is 2.10. The third kappa shape index (κ3) is 4.52. The van der Waals surface area contributed by atoms with E-state index < -0.39 is 0 Å². The van der Waals surface area contributed by atoms with Crippen LogP contribution in [0, 0.1) is 5.41 Å². The lowest BCUT2D eigenvalue weighted by Crippen LogP contribution is -2.20. The molecule has 0 heterocycles. The summed E-state index contributed by atoms with van der Waals surface area (Å²) in [6, 6.07) is 10.4. The number of rotatable bonds is 3. The van der Waals surface area contributed by atoms with Crippen LogP contribution in [0.1, 0.15) is 20.8 Å². The van der Waals surface area contributed by atoms with Crippen LogP contribution in [0.15, 0.2) is 24.3 Å². The van der Waals surface area contributed by atoms with Gasteiger partial charge in [-0.05, 0) is 17.5 Å². The summed E-state index contributed by atoms with van der Waals surface area (Å²) >= 11 is 0. The predicted octanol–water partition coefficient (Wildman–Crippen LogP) is 2.01. The molecule has 0 spiro atoms. The summed E-state index contributed by atoms with van der Waals surface area (Å²) < 4.78 is 0. The number of benzene rings is 1. The fourth-order valence-electron chi connectivity index (χ4n) is 1.48. The number of hydrogen-bond donors (Lipinski definition) is 0. The Morgan fingerprint density at radius 3 is 2.00 bits per heavy atom. The van der Waals surface area contributed by atoms with E-state index in [4.69, 9.17) is 0 Å². The van der Waals surface area contributed by atoms with Gasteiger partial charge in [-0.15, -0.1) is 0 Å². The third-order valence-electron chi connectivity index (χ3n) is 2.62. The summed E-state index contributed by atoms with van der Waals surface area (Å²) in [5.74, 6) is 0. The first kappa shape index (κ1) is 12.3. The van der Waals surface area contributed by atoms with E-state index >= 15 is 0 Å². The van der Waals surface area contributed by atoms with Crippen molar-refractivity contribution < 1.29 is 0 Å². The van der Waals surface area contributed by atoms with Crippen LogP contribution in [-0.4, -0.2) is 23.6 Å². The molecule has 1 nitrogen and oxygen atoms in total. The van der Waals surface area contributed by atoms with Crippen molar-refractivity contribution >= 4 is 20.4 Å². The number of hydrogen-bond acceptors (Lipinski definition) is 1. The van der Waals surface area contributed by atoms with E-state index in [-0.39, 0.29) is 9.52 Å². The topological polar surface area (TPSA) is 3.24 Å². The molecule has 15 heavy (non-hydrogen) atoms. The highest BCUT2D eigenvalue weighted by molar-refractivity contribution is 6.53. The van der Waals surface area contributed by atoms with Crippen LogP contribution in [-0.2, 0) is 0 Å². The van der Waals surface area contributed by atoms with Crippen molar-refractivity contribution in [1.29, 1.82) is 0 Å². The Bertz CT molecular complexity index is 295. The zero-order chi connectivity index (χ0) is 11.5. The van der Waals surface area contributed by atoms with Gasteiger partial charge >= 0.3 is 0 Å². The summed E-state index contributed by atoms with van der Waals surface area (Å²) in [5.41, 5.74) is 1.79. The van der Waals surface area contributed by atoms with Crippen LogP contribution in [0.2, 0.25) is 6.04 Å². The zero-order valence-corrected chi connectivity index (χ0v) is 12.1. The van der Waals surface area contributed by atoms with Gasteiger partial charge in [0.1, 0.15) is 0 Å². The van der Waals surface area contributed by atoms with E-state index in [0.29, 0.717) is 5.41 Å². The van der Waals surface area contributed by atoms with Crippen molar-refractivity contribution in [3.8, 4) is 0 Å². The van der Waals surface area contributed by atoms with Gasteiger partial charge in [0.15, 0.2) is 0 Å². The van der Waals surface area contributed by atoms with Crippen molar-refractivity contribution in [1.82, 2.24) is 0 Å². The van der Waals surface area contributed by atoms with Crippen LogP contribution in [0.4, 0.5) is 5.69 Å². The largest absolute Gasteiger partial charge is 0.378 e. The molecule has 0 unspecified atom stereocenters. The van der Waals surface area contributed by atoms with Crippen molar-refractivity contribution in [2.24, 2.45) is 5.41 Å². The average molecular weight is 221 g/mol. The molecule has 0 fully saturated rings. The minimum Gasteiger partial charge on any atom is -0.378 e. The predicted molar refractivity (Wildman–Crippen MR) is 73.2 cm³/mol. The molecule has 0 aliphatic heterocycles. The maximum absolute atomic E-state index is 2.33. The summed E-state index contributed by atoms with van der Waals surface area (Å²) in [4.78, 5) is 2.15. The molecule has 1 aromatic rings. The molecule has 1 aromatic carbocycles. The van der Waals surface area contributed by atoms with Crippen molar-refractivity contribution in [2.75, 3.05) is 19.0 Å². The van der Waals surface area contributed by atoms with Crippen molar-refractivity contribution in [2.45, 2.75) is 26.8 Å². The minimum absolute atomic E-state index is 0.0747. The zero-order valence-electron chi connectivity index (χ0n) is 10.7. The third-order valence-corrected chi connectivity index (χ3v) is 5.42. The van der Waals surface area contributed by atoms with E-state index in [0.717, 1.165) is 0 Å². The fraction of sp³-hybridized carbons (Fsp3) is 0.538. The molecule has 0 aliphatic rings. The summed E-state index contributed by atoms with van der Waals surface area (Å²) in [6.45, 7) is 6.98. The van der Waals surface area contributed by atoms with Gasteiger partial charge in [0.05, 0.1) is 9.52 Å². The lowest BCUT2D eigenvalue weighted by atomic mass is 10.0. The van der Waals surface area contributed by atoms with Gasteiger partial charge in [-0.25, -0.2) is 0 Å². The first-order valence-corrected chi connectivity index (χ1v) is 7.35. The monoisotopic (exact) mass is 221 g/mol. The van der Waals surface area contributed by atoms with Gasteiger partial charge in [-0.2, -0.15) is 0 Å². The molecule has 1 rings (SSSR count). The van der Waals surface area contributed by atoms with Crippen LogP contribution in [0.3, 0.4) is 0 Å². The van der Waals surface area contributed by atoms with Crippen molar-refractivity contribution in [3.05, 3.63) is 24.3 Å². The van der Waals surface area contributed by atoms with E-state index in [1.165, 1.54) is 11.7 Å². The first-order chi connectivity index (χ1) is 6.88. The van der Waals surface area contributed by atoms with Gasteiger partial charge in [0.25, 0.3) is 0 Å². The lowest BCUT2D eigenvalue weighted by Gasteiger charge is -2.18. The second kappa shape index (κ2) is 4.84. The highest BCUT2D eigenvalue weighted by atomic mass is 28.2. The molecule has 0 saturated carbocycles. The Labute approximate surface area is 96.3 Å². The van der Waals surface area contributed by atoms with E-state index in [9.17, 15) is 0 Å². The van der Waals surface area contributed by atoms with Gasteiger partial charge in [0, 0.05) is 19.8 Å². The Kier molecular flexibility index (Phi) is 3.97. The molecule has 0 saturated heterocycles. The smallest absolute Gasteiger partial charge is 0.0552 e. The quantitative estimate of drug-likeness (QED) is 0.706. The van der Waals surface area contributed by atoms with Crippen LogP contribution in [0.5, 0.6) is 0 Å². The number of nitrogens with zero attached hydrogens (tertiary/aromatic N) is 1. The van der Waals surface area contributed by atoms with E-state index in [1.54, 1.807) is 5.19 Å². The molecule has 84 valence electrons. The SMILES string of the molecule is CN(C)c1ccc([SiH2]CC(C)(C)C)cc1. The molecular formula is C13H23NSi. The van der Waals surface area contributed by atoms with Crippen molar-refractivity contribution in [3.63, 3.8) is 0 Å². The molecule has 0 radical (unpaired) electrons. The Morgan fingerprint density at radius 2 is 1.60 bits per heavy atom. The van der Waals surface area contributed by atoms with E-state index in [2.05, 4.69) is 64.0 Å².